The lowest BCUT2D eigenvalue weighted by molar-refractivity contribution is 0.0962. The van der Waals surface area contributed by atoms with E-state index in [-0.39, 0.29) is 0 Å². The summed E-state index contributed by atoms with van der Waals surface area (Å²) in [5, 5.41) is 0. The van der Waals surface area contributed by atoms with Crippen LogP contribution in [0.15, 0.2) is 28.7 Å². The molecule has 0 heterocycles. The van der Waals surface area contributed by atoms with Crippen molar-refractivity contribution in [1.82, 2.24) is 0 Å². The standard InChI is InChI=1S/C13H15BrO/c14-12-7-5-11(6-8-12)13(15)9-10-3-1-2-4-10/h5-8,10H,1-4,9H2. The van der Waals surface area contributed by atoms with Crippen LogP contribution in [-0.4, -0.2) is 5.78 Å². The first-order valence-corrected chi connectivity index (χ1v) is 6.34. The van der Waals surface area contributed by atoms with Gasteiger partial charge in [-0.2, -0.15) is 0 Å². The minimum Gasteiger partial charge on any atom is -0.294 e. The third-order valence-corrected chi connectivity index (χ3v) is 3.64. The van der Waals surface area contributed by atoms with Crippen LogP contribution >= 0.6 is 15.9 Å². The fraction of sp³-hybridized carbons (Fsp3) is 0.462. The number of rotatable bonds is 3. The van der Waals surface area contributed by atoms with Gasteiger partial charge in [0.1, 0.15) is 0 Å². The molecule has 0 atom stereocenters. The summed E-state index contributed by atoms with van der Waals surface area (Å²) in [6, 6.07) is 7.67. The molecule has 0 radical (unpaired) electrons. The van der Waals surface area contributed by atoms with Crippen LogP contribution in [0.25, 0.3) is 0 Å². The summed E-state index contributed by atoms with van der Waals surface area (Å²) < 4.78 is 1.03. The lowest BCUT2D eigenvalue weighted by Gasteiger charge is -2.07. The molecule has 0 aliphatic heterocycles. The Bertz CT molecular complexity index is 336. The van der Waals surface area contributed by atoms with Crippen molar-refractivity contribution in [1.29, 1.82) is 0 Å². The number of halogens is 1. The largest absolute Gasteiger partial charge is 0.294 e. The molecule has 1 saturated carbocycles. The third kappa shape index (κ3) is 2.91. The van der Waals surface area contributed by atoms with Crippen molar-refractivity contribution < 1.29 is 4.79 Å². The molecular weight excluding hydrogens is 252 g/mol. The molecule has 0 spiro atoms. The number of carbonyl (C=O) groups is 1. The number of benzene rings is 1. The van der Waals surface area contributed by atoms with Crippen molar-refractivity contribution in [2.45, 2.75) is 32.1 Å². The number of hydrogen-bond acceptors (Lipinski definition) is 1. The second-order valence-corrected chi connectivity index (χ2v) is 5.20. The first kappa shape index (κ1) is 10.9. The molecule has 0 aromatic heterocycles. The minimum atomic E-state index is 0.300. The molecule has 0 bridgehead atoms. The van der Waals surface area contributed by atoms with Crippen LogP contribution < -0.4 is 0 Å². The lowest BCUT2D eigenvalue weighted by atomic mass is 9.97. The van der Waals surface area contributed by atoms with E-state index >= 15 is 0 Å². The molecule has 0 N–H and O–H groups in total. The molecule has 1 aliphatic carbocycles. The topological polar surface area (TPSA) is 17.1 Å². The summed E-state index contributed by atoms with van der Waals surface area (Å²) in [7, 11) is 0. The Morgan fingerprint density at radius 2 is 1.80 bits per heavy atom. The average Bonchev–Trinajstić information content (AvgIpc) is 2.71. The quantitative estimate of drug-likeness (QED) is 0.749. The molecule has 1 fully saturated rings. The smallest absolute Gasteiger partial charge is 0.163 e. The first-order valence-electron chi connectivity index (χ1n) is 5.54. The van der Waals surface area contributed by atoms with Gasteiger partial charge in [0.25, 0.3) is 0 Å². The Hall–Kier alpha value is -0.630. The fourth-order valence-corrected chi connectivity index (χ4v) is 2.49. The molecule has 2 rings (SSSR count). The Labute approximate surface area is 99.0 Å². The Morgan fingerprint density at radius 1 is 1.20 bits per heavy atom. The van der Waals surface area contributed by atoms with Gasteiger partial charge in [-0.3, -0.25) is 4.79 Å². The maximum absolute atomic E-state index is 11.9. The van der Waals surface area contributed by atoms with Gasteiger partial charge >= 0.3 is 0 Å². The van der Waals surface area contributed by atoms with Gasteiger partial charge in [-0.1, -0.05) is 53.7 Å². The van der Waals surface area contributed by atoms with E-state index in [1.165, 1.54) is 25.7 Å². The fourth-order valence-electron chi connectivity index (χ4n) is 2.23. The normalized spacial score (nSPS) is 16.9. The summed E-state index contributed by atoms with van der Waals surface area (Å²) in [6.45, 7) is 0. The highest BCUT2D eigenvalue weighted by atomic mass is 79.9. The average molecular weight is 267 g/mol. The molecular formula is C13H15BrO. The van der Waals surface area contributed by atoms with Gasteiger partial charge in [0.2, 0.25) is 0 Å². The molecule has 1 aliphatic rings. The summed E-state index contributed by atoms with van der Waals surface area (Å²) >= 11 is 3.37. The van der Waals surface area contributed by atoms with E-state index in [2.05, 4.69) is 15.9 Å². The zero-order valence-electron chi connectivity index (χ0n) is 8.71. The van der Waals surface area contributed by atoms with Crippen molar-refractivity contribution in [3.05, 3.63) is 34.3 Å². The molecule has 1 aromatic rings. The van der Waals surface area contributed by atoms with Crippen molar-refractivity contribution in [2.75, 3.05) is 0 Å². The SMILES string of the molecule is O=C(CC1CCCC1)c1ccc(Br)cc1. The molecule has 0 unspecified atom stereocenters. The molecule has 0 saturated heterocycles. The van der Waals surface area contributed by atoms with Gasteiger partial charge in [-0.05, 0) is 18.1 Å². The van der Waals surface area contributed by atoms with Crippen molar-refractivity contribution in [3.8, 4) is 0 Å². The predicted octanol–water partition coefficient (Wildman–Crippen LogP) is 4.21. The van der Waals surface area contributed by atoms with Gasteiger partial charge in [-0.15, -0.1) is 0 Å². The summed E-state index contributed by atoms with van der Waals surface area (Å²) in [4.78, 5) is 11.9. The Morgan fingerprint density at radius 3 is 2.40 bits per heavy atom. The van der Waals surface area contributed by atoms with Crippen LogP contribution in [0, 0.1) is 5.92 Å². The maximum Gasteiger partial charge on any atom is 0.163 e. The molecule has 1 nitrogen and oxygen atoms in total. The maximum atomic E-state index is 11.9. The van der Waals surface area contributed by atoms with Gasteiger partial charge in [0, 0.05) is 16.5 Å². The zero-order chi connectivity index (χ0) is 10.7. The third-order valence-electron chi connectivity index (χ3n) is 3.12. The second kappa shape index (κ2) is 4.93. The predicted molar refractivity (Wildman–Crippen MR) is 65.0 cm³/mol. The number of Topliss-reactive ketones (excluding diaryl/α,β-unsaturated/α-hetero) is 1. The molecule has 0 amide bonds. The summed E-state index contributed by atoms with van der Waals surface area (Å²) in [5.41, 5.74) is 0.852. The highest BCUT2D eigenvalue weighted by molar-refractivity contribution is 9.10. The van der Waals surface area contributed by atoms with Gasteiger partial charge in [0.15, 0.2) is 5.78 Å². The van der Waals surface area contributed by atoms with E-state index in [0.717, 1.165) is 16.5 Å². The highest BCUT2D eigenvalue weighted by Crippen LogP contribution is 2.28. The first-order chi connectivity index (χ1) is 7.25. The molecule has 2 heteroatoms. The molecule has 15 heavy (non-hydrogen) atoms. The lowest BCUT2D eigenvalue weighted by Crippen LogP contribution is -2.05. The summed E-state index contributed by atoms with van der Waals surface area (Å²) in [5.74, 6) is 0.940. The second-order valence-electron chi connectivity index (χ2n) is 4.28. The van der Waals surface area contributed by atoms with Crippen LogP contribution in [0.3, 0.4) is 0 Å². The highest BCUT2D eigenvalue weighted by Gasteiger charge is 2.18. The van der Waals surface area contributed by atoms with Gasteiger partial charge in [0.05, 0.1) is 0 Å². The monoisotopic (exact) mass is 266 g/mol. The number of hydrogen-bond donors (Lipinski definition) is 0. The Balaban J connectivity index is 1.98. The van der Waals surface area contributed by atoms with E-state index < -0.39 is 0 Å². The number of ketones is 1. The number of carbonyl (C=O) groups excluding carboxylic acids is 1. The van der Waals surface area contributed by atoms with E-state index in [1.54, 1.807) is 0 Å². The minimum absolute atomic E-state index is 0.300. The van der Waals surface area contributed by atoms with E-state index in [0.29, 0.717) is 11.7 Å². The van der Waals surface area contributed by atoms with Crippen LogP contribution in [0.4, 0.5) is 0 Å². The van der Waals surface area contributed by atoms with Crippen molar-refractivity contribution >= 4 is 21.7 Å². The van der Waals surface area contributed by atoms with E-state index in [9.17, 15) is 4.79 Å². The summed E-state index contributed by atoms with van der Waals surface area (Å²) in [6.07, 6.45) is 5.82. The molecule has 80 valence electrons. The van der Waals surface area contributed by atoms with Gasteiger partial charge in [-0.25, -0.2) is 0 Å². The van der Waals surface area contributed by atoms with Crippen LogP contribution in [0.2, 0.25) is 0 Å². The van der Waals surface area contributed by atoms with Gasteiger partial charge < -0.3 is 0 Å². The van der Waals surface area contributed by atoms with E-state index in [4.69, 9.17) is 0 Å². The zero-order valence-corrected chi connectivity index (χ0v) is 10.3. The van der Waals surface area contributed by atoms with Crippen LogP contribution in [-0.2, 0) is 0 Å². The van der Waals surface area contributed by atoms with Crippen molar-refractivity contribution in [3.63, 3.8) is 0 Å². The van der Waals surface area contributed by atoms with E-state index in [1.807, 2.05) is 24.3 Å². The van der Waals surface area contributed by atoms with Crippen LogP contribution in [0.5, 0.6) is 0 Å². The van der Waals surface area contributed by atoms with Crippen LogP contribution in [0.1, 0.15) is 42.5 Å². The molecule has 1 aromatic carbocycles. The Kier molecular flexibility index (Phi) is 3.57. The van der Waals surface area contributed by atoms with Crippen molar-refractivity contribution in [2.24, 2.45) is 5.92 Å².